The number of aromatic nitrogens is 2. The normalized spacial score (nSPS) is 14.3. The summed E-state index contributed by atoms with van der Waals surface area (Å²) in [4.78, 5) is 17.3. The first-order valence-corrected chi connectivity index (χ1v) is 9.87. The van der Waals surface area contributed by atoms with Gasteiger partial charge in [0.25, 0.3) is 0 Å². The molecule has 0 radical (unpaired) electrons. The number of amides is 1. The van der Waals surface area contributed by atoms with Crippen LogP contribution in [0.25, 0.3) is 16.9 Å². The first-order valence-electron chi connectivity index (χ1n) is 9.49. The van der Waals surface area contributed by atoms with E-state index >= 15 is 0 Å². The Balaban J connectivity index is 1.70. The Labute approximate surface area is 177 Å². The van der Waals surface area contributed by atoms with Crippen LogP contribution in [0, 0.1) is 5.82 Å². The molecule has 30 heavy (non-hydrogen) atoms. The van der Waals surface area contributed by atoms with Gasteiger partial charge in [-0.2, -0.15) is 5.10 Å². The lowest BCUT2D eigenvalue weighted by atomic mass is 10.0. The zero-order valence-corrected chi connectivity index (χ0v) is 16.6. The summed E-state index contributed by atoms with van der Waals surface area (Å²) in [6, 6.07) is 19.0. The maximum atomic E-state index is 13.5. The van der Waals surface area contributed by atoms with Gasteiger partial charge in [-0.05, 0) is 54.6 Å². The molecule has 7 heteroatoms. The minimum atomic E-state index is -0.309. The summed E-state index contributed by atoms with van der Waals surface area (Å²) in [6.07, 6.45) is 2.70. The second-order valence-corrected chi connectivity index (χ2v) is 7.41. The molecule has 2 aromatic carbocycles. The number of carbonyl (C=O) groups excluding carboxylic acids is 1. The van der Waals surface area contributed by atoms with Gasteiger partial charge in [0.1, 0.15) is 11.5 Å². The third kappa shape index (κ3) is 3.25. The lowest BCUT2D eigenvalue weighted by molar-refractivity contribution is -0.118. The number of anilines is 1. The van der Waals surface area contributed by atoms with Crippen LogP contribution in [0.1, 0.15) is 18.5 Å². The molecule has 2 aromatic heterocycles. The van der Waals surface area contributed by atoms with E-state index in [-0.39, 0.29) is 11.7 Å². The van der Waals surface area contributed by atoms with E-state index in [2.05, 4.69) is 5.10 Å². The smallest absolute Gasteiger partial charge is 0.247 e. The quantitative estimate of drug-likeness (QED) is 0.452. The largest absolute Gasteiger partial charge is 0.298 e. The van der Waals surface area contributed by atoms with E-state index in [1.54, 1.807) is 36.4 Å². The molecular formula is C23H16ClFN4O. The molecule has 0 saturated carbocycles. The van der Waals surface area contributed by atoms with Crippen molar-refractivity contribution < 1.29 is 9.18 Å². The molecule has 1 amide bonds. The van der Waals surface area contributed by atoms with Crippen molar-refractivity contribution >= 4 is 34.6 Å². The second kappa shape index (κ2) is 7.39. The molecule has 0 N–H and O–H groups in total. The molecule has 5 rings (SSSR count). The molecule has 0 atom stereocenters. The van der Waals surface area contributed by atoms with Crippen molar-refractivity contribution in [2.45, 2.75) is 12.8 Å². The summed E-state index contributed by atoms with van der Waals surface area (Å²) in [5.41, 5.74) is 4.36. The van der Waals surface area contributed by atoms with Gasteiger partial charge in [0.05, 0.1) is 22.8 Å². The topological polar surface area (TPSA) is 50.0 Å². The number of rotatable bonds is 3. The minimum Gasteiger partial charge on any atom is -0.298 e. The summed E-state index contributed by atoms with van der Waals surface area (Å²) in [6.45, 7) is 0. The molecule has 0 saturated heterocycles. The number of fused-ring (bicyclic) bond motifs is 1. The molecule has 0 bridgehead atoms. The average Bonchev–Trinajstić information content (AvgIpc) is 3.14. The molecule has 1 aliphatic heterocycles. The van der Waals surface area contributed by atoms with Crippen LogP contribution in [0.3, 0.4) is 0 Å². The summed E-state index contributed by atoms with van der Waals surface area (Å²) < 4.78 is 15.4. The van der Waals surface area contributed by atoms with Crippen LogP contribution in [0.15, 0.2) is 78.0 Å². The number of hydrazone groups is 1. The Morgan fingerprint density at radius 1 is 0.967 bits per heavy atom. The number of nitrogens with zero attached hydrogens (tertiary/aromatic N) is 4. The molecule has 3 heterocycles. The maximum Gasteiger partial charge on any atom is 0.247 e. The van der Waals surface area contributed by atoms with E-state index in [4.69, 9.17) is 16.6 Å². The summed E-state index contributed by atoms with van der Waals surface area (Å²) in [5, 5.41) is 6.60. The van der Waals surface area contributed by atoms with Crippen LogP contribution >= 0.6 is 11.6 Å². The molecule has 148 valence electrons. The van der Waals surface area contributed by atoms with Gasteiger partial charge < -0.3 is 0 Å². The van der Waals surface area contributed by atoms with Crippen LogP contribution in [0.4, 0.5) is 10.1 Å². The van der Waals surface area contributed by atoms with Crippen molar-refractivity contribution in [3.8, 4) is 11.3 Å². The van der Waals surface area contributed by atoms with E-state index in [1.165, 1.54) is 17.1 Å². The number of benzene rings is 2. The Hall–Kier alpha value is -3.51. The highest BCUT2D eigenvalue weighted by Crippen LogP contribution is 2.30. The van der Waals surface area contributed by atoms with Crippen LogP contribution in [-0.2, 0) is 4.79 Å². The SMILES string of the molecule is O=C1CCC(c2c(-c3ccc(F)cc3)nc3ccccn23)=NN1c1cccc(Cl)c1. The number of hydrogen-bond donors (Lipinski definition) is 0. The van der Waals surface area contributed by atoms with Crippen molar-refractivity contribution in [3.05, 3.63) is 89.5 Å². The minimum absolute atomic E-state index is 0.0989. The molecule has 0 aliphatic carbocycles. The Morgan fingerprint density at radius 3 is 2.60 bits per heavy atom. The van der Waals surface area contributed by atoms with Gasteiger partial charge in [0.2, 0.25) is 5.91 Å². The first kappa shape index (κ1) is 18.5. The van der Waals surface area contributed by atoms with Gasteiger partial charge in [-0.15, -0.1) is 0 Å². The fourth-order valence-corrected chi connectivity index (χ4v) is 3.80. The molecule has 0 spiro atoms. The van der Waals surface area contributed by atoms with Crippen LogP contribution < -0.4 is 5.01 Å². The molecule has 0 unspecified atom stereocenters. The van der Waals surface area contributed by atoms with E-state index in [9.17, 15) is 9.18 Å². The summed E-state index contributed by atoms with van der Waals surface area (Å²) in [5.74, 6) is -0.407. The number of halogens is 2. The molecule has 0 fully saturated rings. The van der Waals surface area contributed by atoms with Crippen molar-refractivity contribution in [1.29, 1.82) is 0 Å². The molecular weight excluding hydrogens is 403 g/mol. The summed E-state index contributed by atoms with van der Waals surface area (Å²) >= 11 is 6.11. The predicted molar refractivity (Wildman–Crippen MR) is 115 cm³/mol. The maximum absolute atomic E-state index is 13.5. The van der Waals surface area contributed by atoms with E-state index in [0.717, 1.165) is 22.6 Å². The van der Waals surface area contributed by atoms with E-state index in [0.29, 0.717) is 29.2 Å². The average molecular weight is 419 g/mol. The van der Waals surface area contributed by atoms with Gasteiger partial charge in [-0.1, -0.05) is 23.7 Å². The molecule has 4 aromatic rings. The zero-order chi connectivity index (χ0) is 20.7. The molecule has 1 aliphatic rings. The van der Waals surface area contributed by atoms with Crippen molar-refractivity contribution in [3.63, 3.8) is 0 Å². The van der Waals surface area contributed by atoms with E-state index in [1.807, 2.05) is 28.8 Å². The fourth-order valence-electron chi connectivity index (χ4n) is 3.61. The Kier molecular flexibility index (Phi) is 4.56. The monoisotopic (exact) mass is 418 g/mol. The Morgan fingerprint density at radius 2 is 1.80 bits per heavy atom. The highest BCUT2D eigenvalue weighted by molar-refractivity contribution is 6.31. The van der Waals surface area contributed by atoms with Gasteiger partial charge in [0.15, 0.2) is 0 Å². The van der Waals surface area contributed by atoms with Gasteiger partial charge in [-0.25, -0.2) is 14.4 Å². The lowest BCUT2D eigenvalue weighted by Crippen LogP contribution is -2.32. The highest BCUT2D eigenvalue weighted by Gasteiger charge is 2.27. The Bertz CT molecular complexity index is 1300. The van der Waals surface area contributed by atoms with Crippen molar-refractivity contribution in [1.82, 2.24) is 9.38 Å². The molecule has 5 nitrogen and oxygen atoms in total. The number of pyridine rings is 1. The van der Waals surface area contributed by atoms with Gasteiger partial charge in [0, 0.05) is 29.6 Å². The number of imidazole rings is 1. The second-order valence-electron chi connectivity index (χ2n) is 6.98. The lowest BCUT2D eigenvalue weighted by Gasteiger charge is -2.24. The zero-order valence-electron chi connectivity index (χ0n) is 15.8. The van der Waals surface area contributed by atoms with Crippen molar-refractivity contribution in [2.24, 2.45) is 5.10 Å². The number of carbonyl (C=O) groups is 1. The van der Waals surface area contributed by atoms with Crippen LogP contribution in [0.2, 0.25) is 5.02 Å². The third-order valence-electron chi connectivity index (χ3n) is 5.01. The van der Waals surface area contributed by atoms with Crippen LogP contribution in [-0.4, -0.2) is 21.0 Å². The highest BCUT2D eigenvalue weighted by atomic mass is 35.5. The predicted octanol–water partition coefficient (Wildman–Crippen LogP) is 5.32. The standard InChI is InChI=1S/C23H16ClFN4O/c24-16-4-3-5-18(14-16)29-21(30)12-11-19(27-29)23-22(15-7-9-17(25)10-8-15)26-20-6-1-2-13-28(20)23/h1-10,13-14H,11-12H2. The fraction of sp³-hybridized carbons (Fsp3) is 0.0870. The third-order valence-corrected chi connectivity index (χ3v) is 5.24. The first-order chi connectivity index (χ1) is 14.6. The number of hydrogen-bond acceptors (Lipinski definition) is 3. The summed E-state index contributed by atoms with van der Waals surface area (Å²) in [7, 11) is 0. The van der Waals surface area contributed by atoms with Crippen LogP contribution in [0.5, 0.6) is 0 Å². The van der Waals surface area contributed by atoms with Crippen molar-refractivity contribution in [2.75, 3.05) is 5.01 Å². The van der Waals surface area contributed by atoms with Gasteiger partial charge in [-0.3, -0.25) is 9.20 Å². The van der Waals surface area contributed by atoms with Gasteiger partial charge >= 0.3 is 0 Å². The van der Waals surface area contributed by atoms with E-state index < -0.39 is 0 Å².